The summed E-state index contributed by atoms with van der Waals surface area (Å²) in [5.41, 5.74) is 0. The molecule has 1 saturated heterocycles. The first-order chi connectivity index (χ1) is 13.0. The van der Waals surface area contributed by atoms with E-state index >= 15 is 0 Å². The summed E-state index contributed by atoms with van der Waals surface area (Å²) in [6, 6.07) is -2.27. The van der Waals surface area contributed by atoms with Crippen LogP contribution in [-0.2, 0) is 14.4 Å². The van der Waals surface area contributed by atoms with E-state index in [-0.39, 0.29) is 30.7 Å². The van der Waals surface area contributed by atoms with Gasteiger partial charge in [-0.3, -0.25) is 14.4 Å². The van der Waals surface area contributed by atoms with Crippen LogP contribution in [0.25, 0.3) is 0 Å². The number of carboxylic acid groups (broad SMARTS) is 1. The van der Waals surface area contributed by atoms with E-state index in [1.165, 1.54) is 0 Å². The molecule has 28 heavy (non-hydrogen) atoms. The second kappa shape index (κ2) is 10.8. The fourth-order valence-electron chi connectivity index (χ4n) is 3.13. The third-order valence-corrected chi connectivity index (χ3v) is 4.43. The van der Waals surface area contributed by atoms with Gasteiger partial charge in [0.15, 0.2) is 6.10 Å². The Morgan fingerprint density at radius 3 is 2.21 bits per heavy atom. The van der Waals surface area contributed by atoms with E-state index in [1.54, 1.807) is 13.8 Å². The fourth-order valence-corrected chi connectivity index (χ4v) is 3.13. The molecule has 1 aliphatic heterocycles. The van der Waals surface area contributed by atoms with Crippen molar-refractivity contribution in [1.82, 2.24) is 21.3 Å². The van der Waals surface area contributed by atoms with Crippen LogP contribution < -0.4 is 21.3 Å². The van der Waals surface area contributed by atoms with Crippen LogP contribution in [0.1, 0.15) is 47.0 Å². The molecule has 10 heteroatoms. The van der Waals surface area contributed by atoms with Gasteiger partial charge in [-0.1, -0.05) is 13.8 Å². The maximum Gasteiger partial charge on any atom is 0.405 e. The third-order valence-electron chi connectivity index (χ3n) is 4.43. The summed E-state index contributed by atoms with van der Waals surface area (Å²) >= 11 is 0. The monoisotopic (exact) mass is 400 g/mol. The van der Waals surface area contributed by atoms with Gasteiger partial charge in [0.25, 0.3) is 5.91 Å². The van der Waals surface area contributed by atoms with E-state index in [0.717, 1.165) is 0 Å². The standard InChI is InChI=1S/C18H32N4O6/c1-9(2)7-13(22-18(27)28)16(25)21-12(8-11-5-6-19-15(11)24)14(23)17(26)20-10(3)4/h9-14,22-23H,5-8H2,1-4H3,(H,19,24)(H,20,26)(H,21,25)(H,27,28)/t11-,12-,13-,14?/m0/s1. The second-order valence-electron chi connectivity index (χ2n) is 7.87. The molecule has 1 fully saturated rings. The summed E-state index contributed by atoms with van der Waals surface area (Å²) < 4.78 is 0. The van der Waals surface area contributed by atoms with Crippen LogP contribution in [0.15, 0.2) is 0 Å². The maximum absolute atomic E-state index is 12.6. The number of carbonyl (C=O) groups is 4. The molecule has 0 spiro atoms. The van der Waals surface area contributed by atoms with Crippen molar-refractivity contribution in [3.05, 3.63) is 0 Å². The lowest BCUT2D eigenvalue weighted by atomic mass is 9.93. The van der Waals surface area contributed by atoms with Gasteiger partial charge in [-0.25, -0.2) is 4.79 Å². The minimum absolute atomic E-state index is 0.0378. The van der Waals surface area contributed by atoms with E-state index in [4.69, 9.17) is 5.11 Å². The summed E-state index contributed by atoms with van der Waals surface area (Å²) in [6.45, 7) is 7.65. The summed E-state index contributed by atoms with van der Waals surface area (Å²) in [4.78, 5) is 47.8. The highest BCUT2D eigenvalue weighted by Crippen LogP contribution is 2.18. The molecule has 0 aromatic carbocycles. The summed E-state index contributed by atoms with van der Waals surface area (Å²) in [5.74, 6) is -1.90. The molecule has 160 valence electrons. The molecule has 10 nitrogen and oxygen atoms in total. The topological polar surface area (TPSA) is 157 Å². The fraction of sp³-hybridized carbons (Fsp3) is 0.778. The van der Waals surface area contributed by atoms with Crippen molar-refractivity contribution in [1.29, 1.82) is 0 Å². The predicted octanol–water partition coefficient (Wildman–Crippen LogP) is -0.435. The zero-order valence-corrected chi connectivity index (χ0v) is 16.8. The third kappa shape index (κ3) is 7.71. The molecule has 0 radical (unpaired) electrons. The first-order valence-corrected chi connectivity index (χ1v) is 9.57. The van der Waals surface area contributed by atoms with Gasteiger partial charge in [0.2, 0.25) is 11.8 Å². The number of rotatable bonds is 10. The molecule has 1 rings (SSSR count). The molecule has 6 N–H and O–H groups in total. The average molecular weight is 400 g/mol. The molecular formula is C18H32N4O6. The first-order valence-electron chi connectivity index (χ1n) is 9.57. The summed E-state index contributed by atoms with van der Waals surface area (Å²) in [5, 5.41) is 29.4. The summed E-state index contributed by atoms with van der Waals surface area (Å²) in [6.07, 6.45) is -2.05. The Morgan fingerprint density at radius 1 is 1.11 bits per heavy atom. The number of aliphatic hydroxyl groups excluding tert-OH is 1. The number of hydrogen-bond donors (Lipinski definition) is 6. The lowest BCUT2D eigenvalue weighted by Gasteiger charge is -2.28. The molecule has 1 aliphatic rings. The summed E-state index contributed by atoms with van der Waals surface area (Å²) in [7, 11) is 0. The van der Waals surface area contributed by atoms with Gasteiger partial charge in [0.05, 0.1) is 6.04 Å². The quantitative estimate of drug-likeness (QED) is 0.292. The minimum Gasteiger partial charge on any atom is -0.465 e. The Balaban J connectivity index is 2.94. The molecule has 0 aromatic heterocycles. The number of carbonyl (C=O) groups excluding carboxylic acids is 3. The molecular weight excluding hydrogens is 368 g/mol. The molecule has 0 aromatic rings. The zero-order valence-electron chi connectivity index (χ0n) is 16.8. The van der Waals surface area contributed by atoms with Gasteiger partial charge >= 0.3 is 6.09 Å². The smallest absolute Gasteiger partial charge is 0.405 e. The van der Waals surface area contributed by atoms with Crippen LogP contribution in [0.5, 0.6) is 0 Å². The molecule has 1 heterocycles. The highest BCUT2D eigenvalue weighted by molar-refractivity contribution is 5.87. The van der Waals surface area contributed by atoms with Gasteiger partial charge in [-0.2, -0.15) is 0 Å². The van der Waals surface area contributed by atoms with Gasteiger partial charge in [0.1, 0.15) is 6.04 Å². The average Bonchev–Trinajstić information content (AvgIpc) is 2.96. The molecule has 4 amide bonds. The van der Waals surface area contributed by atoms with Crippen molar-refractivity contribution >= 4 is 23.8 Å². The lowest BCUT2D eigenvalue weighted by Crippen LogP contribution is -2.56. The molecule has 0 aliphatic carbocycles. The van der Waals surface area contributed by atoms with Crippen molar-refractivity contribution in [3.63, 3.8) is 0 Å². The van der Waals surface area contributed by atoms with E-state index in [1.807, 2.05) is 13.8 Å². The van der Waals surface area contributed by atoms with Crippen LogP contribution >= 0.6 is 0 Å². The Kier molecular flexibility index (Phi) is 9.17. The Bertz CT molecular complexity index is 580. The predicted molar refractivity (Wildman–Crippen MR) is 101 cm³/mol. The largest absolute Gasteiger partial charge is 0.465 e. The Morgan fingerprint density at radius 2 is 1.75 bits per heavy atom. The highest BCUT2D eigenvalue weighted by Gasteiger charge is 2.35. The van der Waals surface area contributed by atoms with Crippen LogP contribution in [0, 0.1) is 11.8 Å². The van der Waals surface area contributed by atoms with Crippen molar-refractivity contribution < 1.29 is 29.4 Å². The van der Waals surface area contributed by atoms with Gasteiger partial charge < -0.3 is 31.5 Å². The number of amides is 4. The minimum atomic E-state index is -1.57. The second-order valence-corrected chi connectivity index (χ2v) is 7.87. The van der Waals surface area contributed by atoms with Gasteiger partial charge in [-0.05, 0) is 39.0 Å². The van der Waals surface area contributed by atoms with Crippen LogP contribution in [-0.4, -0.2) is 64.8 Å². The van der Waals surface area contributed by atoms with Crippen molar-refractivity contribution in [2.24, 2.45) is 11.8 Å². The van der Waals surface area contributed by atoms with Crippen LogP contribution in [0.2, 0.25) is 0 Å². The molecule has 0 saturated carbocycles. The first kappa shape index (κ1) is 23.7. The number of nitrogens with one attached hydrogen (secondary N) is 4. The van der Waals surface area contributed by atoms with Crippen LogP contribution in [0.4, 0.5) is 4.79 Å². The van der Waals surface area contributed by atoms with E-state index in [2.05, 4.69) is 21.3 Å². The Hall–Kier alpha value is -2.36. The molecule has 0 bridgehead atoms. The van der Waals surface area contributed by atoms with Gasteiger partial charge in [0, 0.05) is 18.5 Å². The van der Waals surface area contributed by atoms with Crippen molar-refractivity contribution in [2.45, 2.75) is 71.2 Å². The van der Waals surface area contributed by atoms with E-state index < -0.39 is 42.0 Å². The number of hydrogen-bond acceptors (Lipinski definition) is 5. The maximum atomic E-state index is 12.6. The molecule has 1 unspecified atom stereocenters. The van der Waals surface area contributed by atoms with Crippen molar-refractivity contribution in [3.8, 4) is 0 Å². The highest BCUT2D eigenvalue weighted by atomic mass is 16.4. The number of aliphatic hydroxyl groups is 1. The van der Waals surface area contributed by atoms with E-state index in [0.29, 0.717) is 13.0 Å². The lowest BCUT2D eigenvalue weighted by molar-refractivity contribution is -0.134. The zero-order chi connectivity index (χ0) is 21.4. The Labute approximate surface area is 164 Å². The molecule has 4 atom stereocenters. The van der Waals surface area contributed by atoms with E-state index in [9.17, 15) is 24.3 Å². The SMILES string of the molecule is CC(C)C[C@H](NC(=O)O)C(=O)N[C@@H](C[C@@H]1CCNC1=O)C(O)C(=O)NC(C)C. The van der Waals surface area contributed by atoms with Gasteiger partial charge in [-0.15, -0.1) is 0 Å². The normalized spacial score (nSPS) is 19.7. The van der Waals surface area contributed by atoms with Crippen molar-refractivity contribution in [2.75, 3.05) is 6.54 Å². The van der Waals surface area contributed by atoms with Crippen LogP contribution in [0.3, 0.4) is 0 Å².